The molecule has 2 fully saturated rings. The largest absolute Gasteiger partial charge is 0.381 e. The van der Waals surface area contributed by atoms with Gasteiger partial charge in [-0.1, -0.05) is 0 Å². The Balaban J connectivity index is 1.92. The summed E-state index contributed by atoms with van der Waals surface area (Å²) in [5, 5.41) is 0. The Morgan fingerprint density at radius 2 is 1.71 bits per heavy atom. The van der Waals surface area contributed by atoms with Crippen molar-refractivity contribution in [1.29, 1.82) is 0 Å². The van der Waals surface area contributed by atoms with Gasteiger partial charge in [0, 0.05) is 12.1 Å². The van der Waals surface area contributed by atoms with Gasteiger partial charge in [0.2, 0.25) is 0 Å². The summed E-state index contributed by atoms with van der Waals surface area (Å²) in [6, 6.07) is 0. The summed E-state index contributed by atoms with van der Waals surface area (Å²) in [4.78, 5) is 2.61. The summed E-state index contributed by atoms with van der Waals surface area (Å²) >= 11 is 0. The van der Waals surface area contributed by atoms with Crippen molar-refractivity contribution in [3.05, 3.63) is 0 Å². The third kappa shape index (κ3) is 1.96. The molecule has 14 heavy (non-hydrogen) atoms. The van der Waals surface area contributed by atoms with Crippen LogP contribution in [0, 0.1) is 5.41 Å². The van der Waals surface area contributed by atoms with Crippen LogP contribution in [0.4, 0.5) is 0 Å². The number of hydrogen-bond donors (Lipinski definition) is 0. The first kappa shape index (κ1) is 10.4. The zero-order valence-electron chi connectivity index (χ0n) is 9.81. The van der Waals surface area contributed by atoms with Crippen molar-refractivity contribution < 1.29 is 4.74 Å². The highest BCUT2D eigenvalue weighted by atomic mass is 16.5. The molecule has 2 saturated heterocycles. The van der Waals surface area contributed by atoms with Crippen molar-refractivity contribution in [2.45, 2.75) is 45.6 Å². The Morgan fingerprint density at radius 3 is 2.14 bits per heavy atom. The molecule has 0 N–H and O–H groups in total. The van der Waals surface area contributed by atoms with E-state index < -0.39 is 0 Å². The molecule has 0 radical (unpaired) electrons. The molecule has 0 unspecified atom stereocenters. The third-order valence-corrected chi connectivity index (χ3v) is 3.96. The number of hydrogen-bond acceptors (Lipinski definition) is 2. The number of piperidine rings is 1. The van der Waals surface area contributed by atoms with Crippen molar-refractivity contribution >= 4 is 0 Å². The lowest BCUT2D eigenvalue weighted by molar-refractivity contribution is 0.0346. The lowest BCUT2D eigenvalue weighted by Gasteiger charge is -2.44. The van der Waals surface area contributed by atoms with Gasteiger partial charge in [0.05, 0.1) is 6.61 Å². The van der Waals surface area contributed by atoms with E-state index in [-0.39, 0.29) is 0 Å². The van der Waals surface area contributed by atoms with E-state index in [2.05, 4.69) is 25.7 Å². The van der Waals surface area contributed by atoms with Crippen LogP contribution in [0.1, 0.15) is 40.0 Å². The molecule has 2 nitrogen and oxygen atoms in total. The van der Waals surface area contributed by atoms with Crippen LogP contribution in [0.25, 0.3) is 0 Å². The second-order valence-electron chi connectivity index (χ2n) is 5.96. The SMILES string of the molecule is CC(C)(C)N1CCC2(CCOC2)CC1. The molecule has 2 heterocycles. The van der Waals surface area contributed by atoms with Crippen LogP contribution in [-0.4, -0.2) is 36.7 Å². The molecule has 0 amide bonds. The van der Waals surface area contributed by atoms with E-state index in [9.17, 15) is 0 Å². The van der Waals surface area contributed by atoms with Gasteiger partial charge in [0.1, 0.15) is 0 Å². The molecule has 0 aromatic rings. The predicted octanol–water partition coefficient (Wildman–Crippen LogP) is 2.29. The molecule has 0 bridgehead atoms. The summed E-state index contributed by atoms with van der Waals surface area (Å²) in [6.45, 7) is 11.5. The molecule has 2 rings (SSSR count). The van der Waals surface area contributed by atoms with E-state index in [0.29, 0.717) is 11.0 Å². The maximum absolute atomic E-state index is 5.54. The third-order valence-electron chi connectivity index (χ3n) is 3.96. The summed E-state index contributed by atoms with van der Waals surface area (Å²) in [5.74, 6) is 0. The van der Waals surface area contributed by atoms with Crippen LogP contribution < -0.4 is 0 Å². The normalized spacial score (nSPS) is 28.5. The Labute approximate surface area is 87.6 Å². The molecule has 2 aliphatic rings. The first-order valence-corrected chi connectivity index (χ1v) is 5.85. The zero-order valence-corrected chi connectivity index (χ0v) is 9.81. The molecular weight excluding hydrogens is 174 g/mol. The summed E-state index contributed by atoms with van der Waals surface area (Å²) < 4.78 is 5.54. The van der Waals surface area contributed by atoms with Crippen LogP contribution in [0.3, 0.4) is 0 Å². The lowest BCUT2D eigenvalue weighted by atomic mass is 9.77. The summed E-state index contributed by atoms with van der Waals surface area (Å²) in [5.41, 5.74) is 0.906. The van der Waals surface area contributed by atoms with Gasteiger partial charge in [-0.05, 0) is 58.5 Å². The first-order valence-electron chi connectivity index (χ1n) is 5.85. The van der Waals surface area contributed by atoms with Crippen LogP contribution in [0.15, 0.2) is 0 Å². The number of likely N-dealkylation sites (tertiary alicyclic amines) is 1. The van der Waals surface area contributed by atoms with E-state index in [0.717, 1.165) is 13.2 Å². The van der Waals surface area contributed by atoms with Crippen molar-refractivity contribution in [2.75, 3.05) is 26.3 Å². The Morgan fingerprint density at radius 1 is 1.07 bits per heavy atom. The highest BCUT2D eigenvalue weighted by molar-refractivity contribution is 4.91. The molecule has 2 heteroatoms. The van der Waals surface area contributed by atoms with Crippen LogP contribution in [-0.2, 0) is 4.74 Å². The van der Waals surface area contributed by atoms with E-state index in [1.807, 2.05) is 0 Å². The number of rotatable bonds is 0. The molecule has 0 aromatic carbocycles. The minimum absolute atomic E-state index is 0.348. The van der Waals surface area contributed by atoms with Gasteiger partial charge >= 0.3 is 0 Å². The van der Waals surface area contributed by atoms with Gasteiger partial charge in [-0.15, -0.1) is 0 Å². The second kappa shape index (κ2) is 3.49. The standard InChI is InChI=1S/C12H23NO/c1-11(2,3)13-7-4-12(5-8-13)6-9-14-10-12/h4-10H2,1-3H3. The fourth-order valence-corrected chi connectivity index (χ4v) is 2.70. The van der Waals surface area contributed by atoms with E-state index in [4.69, 9.17) is 4.74 Å². The fraction of sp³-hybridized carbons (Fsp3) is 1.00. The highest BCUT2D eigenvalue weighted by Gasteiger charge is 2.39. The minimum Gasteiger partial charge on any atom is -0.381 e. The first-order chi connectivity index (χ1) is 6.52. The second-order valence-corrected chi connectivity index (χ2v) is 5.96. The van der Waals surface area contributed by atoms with Gasteiger partial charge in [-0.25, -0.2) is 0 Å². The van der Waals surface area contributed by atoms with Crippen molar-refractivity contribution in [3.63, 3.8) is 0 Å². The summed E-state index contributed by atoms with van der Waals surface area (Å²) in [6.07, 6.45) is 3.97. The smallest absolute Gasteiger partial charge is 0.0524 e. The van der Waals surface area contributed by atoms with Gasteiger partial charge in [-0.2, -0.15) is 0 Å². The number of ether oxygens (including phenoxy) is 1. The molecule has 1 spiro atoms. The van der Waals surface area contributed by atoms with E-state index >= 15 is 0 Å². The van der Waals surface area contributed by atoms with Crippen LogP contribution in [0.2, 0.25) is 0 Å². The van der Waals surface area contributed by atoms with Crippen LogP contribution in [0.5, 0.6) is 0 Å². The Hall–Kier alpha value is -0.0800. The molecule has 0 aromatic heterocycles. The maximum atomic E-state index is 5.54. The van der Waals surface area contributed by atoms with Crippen LogP contribution >= 0.6 is 0 Å². The Kier molecular flexibility index (Phi) is 2.61. The lowest BCUT2D eigenvalue weighted by Crippen LogP contribution is -2.49. The fourth-order valence-electron chi connectivity index (χ4n) is 2.70. The van der Waals surface area contributed by atoms with Gasteiger partial charge in [-0.3, -0.25) is 4.90 Å². The van der Waals surface area contributed by atoms with Gasteiger partial charge < -0.3 is 4.74 Å². The predicted molar refractivity (Wildman–Crippen MR) is 58.4 cm³/mol. The monoisotopic (exact) mass is 197 g/mol. The molecule has 0 saturated carbocycles. The Bertz CT molecular complexity index is 191. The molecule has 0 atom stereocenters. The zero-order chi connectivity index (χ0) is 10.2. The topological polar surface area (TPSA) is 12.5 Å². The molecule has 2 aliphatic heterocycles. The van der Waals surface area contributed by atoms with Gasteiger partial charge in [0.15, 0.2) is 0 Å². The quantitative estimate of drug-likeness (QED) is 0.591. The highest BCUT2D eigenvalue weighted by Crippen LogP contribution is 2.40. The average molecular weight is 197 g/mol. The summed E-state index contributed by atoms with van der Waals surface area (Å²) in [7, 11) is 0. The average Bonchev–Trinajstić information content (AvgIpc) is 2.53. The minimum atomic E-state index is 0.348. The van der Waals surface area contributed by atoms with E-state index in [1.165, 1.54) is 32.4 Å². The molecular formula is C12H23NO. The van der Waals surface area contributed by atoms with E-state index in [1.54, 1.807) is 0 Å². The van der Waals surface area contributed by atoms with Crippen molar-refractivity contribution in [3.8, 4) is 0 Å². The van der Waals surface area contributed by atoms with Crippen molar-refractivity contribution in [1.82, 2.24) is 4.90 Å². The van der Waals surface area contributed by atoms with Gasteiger partial charge in [0.25, 0.3) is 0 Å². The molecule has 82 valence electrons. The molecule has 0 aliphatic carbocycles. The number of nitrogens with zero attached hydrogens (tertiary/aromatic N) is 1. The van der Waals surface area contributed by atoms with Crippen molar-refractivity contribution in [2.24, 2.45) is 5.41 Å². The maximum Gasteiger partial charge on any atom is 0.0524 e.